The van der Waals surface area contributed by atoms with Crippen LogP contribution < -0.4 is 0 Å². The van der Waals surface area contributed by atoms with Crippen molar-refractivity contribution in [2.24, 2.45) is 0 Å². The van der Waals surface area contributed by atoms with E-state index in [0.717, 1.165) is 23.3 Å². The number of halogens is 2. The quantitative estimate of drug-likeness (QED) is 0.868. The summed E-state index contributed by atoms with van der Waals surface area (Å²) in [5.41, 5.74) is 2.54. The summed E-state index contributed by atoms with van der Waals surface area (Å²) in [5.74, 6) is -1.10. The molecule has 1 N–H and O–H groups in total. The van der Waals surface area contributed by atoms with Gasteiger partial charge in [-0.2, -0.15) is 0 Å². The van der Waals surface area contributed by atoms with Crippen molar-refractivity contribution in [1.82, 2.24) is 0 Å². The number of aryl methyl sites for hydroxylation is 3. The van der Waals surface area contributed by atoms with Crippen molar-refractivity contribution >= 4 is 0 Å². The molecule has 19 heavy (non-hydrogen) atoms. The van der Waals surface area contributed by atoms with E-state index in [1.54, 1.807) is 0 Å². The van der Waals surface area contributed by atoms with Crippen LogP contribution in [0.1, 0.15) is 33.9 Å². The minimum Gasteiger partial charge on any atom is -0.384 e. The molecule has 0 saturated carbocycles. The average Bonchev–Trinajstić information content (AvgIpc) is 2.33. The molecule has 100 valence electrons. The third-order valence-electron chi connectivity index (χ3n) is 3.39. The molecular formula is C16H16F2O. The maximum Gasteiger partial charge on any atom is 0.129 e. The normalized spacial score (nSPS) is 12.5. The summed E-state index contributed by atoms with van der Waals surface area (Å²) in [6.45, 7) is 5.18. The van der Waals surface area contributed by atoms with Crippen LogP contribution in [0.15, 0.2) is 30.3 Å². The molecule has 1 unspecified atom stereocenters. The molecule has 0 aliphatic rings. The summed E-state index contributed by atoms with van der Waals surface area (Å²) in [7, 11) is 0. The molecule has 0 spiro atoms. The van der Waals surface area contributed by atoms with Crippen LogP contribution in [0.4, 0.5) is 8.78 Å². The Morgan fingerprint density at radius 1 is 0.895 bits per heavy atom. The lowest BCUT2D eigenvalue weighted by Crippen LogP contribution is -2.07. The van der Waals surface area contributed by atoms with E-state index >= 15 is 0 Å². The number of aliphatic hydroxyl groups excluding tert-OH is 1. The summed E-state index contributed by atoms with van der Waals surface area (Å²) in [4.78, 5) is 0. The molecule has 0 amide bonds. The topological polar surface area (TPSA) is 20.2 Å². The fourth-order valence-corrected chi connectivity index (χ4v) is 2.29. The lowest BCUT2D eigenvalue weighted by atomic mass is 9.92. The zero-order valence-corrected chi connectivity index (χ0v) is 11.2. The lowest BCUT2D eigenvalue weighted by Gasteiger charge is -2.18. The first-order valence-electron chi connectivity index (χ1n) is 6.11. The molecule has 2 aromatic rings. The zero-order valence-electron chi connectivity index (χ0n) is 11.2. The van der Waals surface area contributed by atoms with Crippen molar-refractivity contribution in [2.45, 2.75) is 26.9 Å². The van der Waals surface area contributed by atoms with Crippen molar-refractivity contribution in [3.63, 3.8) is 0 Å². The van der Waals surface area contributed by atoms with Crippen molar-refractivity contribution in [3.05, 3.63) is 69.8 Å². The highest BCUT2D eigenvalue weighted by Gasteiger charge is 2.20. The van der Waals surface area contributed by atoms with Gasteiger partial charge in [0.2, 0.25) is 0 Å². The Hall–Kier alpha value is -1.74. The van der Waals surface area contributed by atoms with E-state index < -0.39 is 17.7 Å². The van der Waals surface area contributed by atoms with E-state index in [4.69, 9.17) is 0 Å². The fraction of sp³-hybridized carbons (Fsp3) is 0.250. The summed E-state index contributed by atoms with van der Waals surface area (Å²) < 4.78 is 27.5. The Morgan fingerprint density at radius 2 is 1.47 bits per heavy atom. The highest BCUT2D eigenvalue weighted by molar-refractivity contribution is 5.41. The molecule has 2 aromatic carbocycles. The van der Waals surface area contributed by atoms with E-state index in [-0.39, 0.29) is 11.1 Å². The lowest BCUT2D eigenvalue weighted by molar-refractivity contribution is 0.213. The molecule has 0 aliphatic carbocycles. The van der Waals surface area contributed by atoms with Gasteiger partial charge in [-0.1, -0.05) is 18.2 Å². The fourth-order valence-electron chi connectivity index (χ4n) is 2.29. The van der Waals surface area contributed by atoms with Crippen LogP contribution >= 0.6 is 0 Å². The Morgan fingerprint density at radius 3 is 2.05 bits per heavy atom. The maximum atomic E-state index is 13.9. The Bertz CT molecular complexity index is 600. The van der Waals surface area contributed by atoms with Gasteiger partial charge in [-0.3, -0.25) is 0 Å². The summed E-state index contributed by atoms with van der Waals surface area (Å²) in [5, 5.41) is 10.3. The van der Waals surface area contributed by atoms with Gasteiger partial charge in [-0.15, -0.1) is 0 Å². The number of hydrogen-bond donors (Lipinski definition) is 1. The van der Waals surface area contributed by atoms with Crippen LogP contribution in [-0.2, 0) is 0 Å². The van der Waals surface area contributed by atoms with E-state index in [0.29, 0.717) is 5.56 Å². The second-order valence-electron chi connectivity index (χ2n) is 4.83. The zero-order chi connectivity index (χ0) is 14.2. The number of rotatable bonds is 2. The molecule has 0 bridgehead atoms. The third-order valence-corrected chi connectivity index (χ3v) is 3.39. The van der Waals surface area contributed by atoms with E-state index in [2.05, 4.69) is 0 Å². The van der Waals surface area contributed by atoms with Gasteiger partial charge in [0.15, 0.2) is 0 Å². The number of hydrogen-bond acceptors (Lipinski definition) is 1. The molecular weight excluding hydrogens is 246 g/mol. The summed E-state index contributed by atoms with van der Waals surface area (Å²) >= 11 is 0. The molecule has 0 aliphatic heterocycles. The third kappa shape index (κ3) is 2.51. The minimum absolute atomic E-state index is 0.0273. The molecule has 3 heteroatoms. The summed E-state index contributed by atoms with van der Waals surface area (Å²) in [6, 6.07) is 7.73. The molecule has 0 radical (unpaired) electrons. The van der Waals surface area contributed by atoms with E-state index in [1.165, 1.54) is 6.92 Å². The predicted octanol–water partition coefficient (Wildman–Crippen LogP) is 3.97. The molecule has 1 nitrogen and oxygen atoms in total. The molecule has 2 rings (SSSR count). The minimum atomic E-state index is -1.16. The highest BCUT2D eigenvalue weighted by atomic mass is 19.1. The van der Waals surface area contributed by atoms with Crippen molar-refractivity contribution in [3.8, 4) is 0 Å². The smallest absolute Gasteiger partial charge is 0.129 e. The first-order chi connectivity index (χ1) is 8.91. The van der Waals surface area contributed by atoms with Gasteiger partial charge in [-0.05, 0) is 55.2 Å². The molecule has 0 fully saturated rings. The second kappa shape index (κ2) is 5.10. The van der Waals surface area contributed by atoms with E-state index in [9.17, 15) is 13.9 Å². The van der Waals surface area contributed by atoms with Gasteiger partial charge in [0.25, 0.3) is 0 Å². The molecule has 0 heterocycles. The average molecular weight is 262 g/mol. The Labute approximate surface area is 111 Å². The van der Waals surface area contributed by atoms with Gasteiger partial charge in [0, 0.05) is 5.56 Å². The first-order valence-corrected chi connectivity index (χ1v) is 6.11. The largest absolute Gasteiger partial charge is 0.384 e. The van der Waals surface area contributed by atoms with Gasteiger partial charge >= 0.3 is 0 Å². The second-order valence-corrected chi connectivity index (χ2v) is 4.83. The van der Waals surface area contributed by atoms with Crippen molar-refractivity contribution in [2.75, 3.05) is 0 Å². The molecule has 0 aromatic heterocycles. The maximum absolute atomic E-state index is 13.9. The van der Waals surface area contributed by atoms with Gasteiger partial charge in [0.1, 0.15) is 17.7 Å². The Kier molecular flexibility index (Phi) is 3.67. The standard InChI is InChI=1S/C16H16F2O/c1-9-5-4-6-10(2)15(9)16(19)12-8-13(17)11(3)7-14(12)18/h4-8,16,19H,1-3H3. The first kappa shape index (κ1) is 13.7. The highest BCUT2D eigenvalue weighted by Crippen LogP contribution is 2.30. The van der Waals surface area contributed by atoms with Crippen LogP contribution in [-0.4, -0.2) is 5.11 Å². The molecule has 0 saturated heterocycles. The summed E-state index contributed by atoms with van der Waals surface area (Å²) in [6.07, 6.45) is -1.16. The Balaban J connectivity index is 2.56. The van der Waals surface area contributed by atoms with Crippen LogP contribution in [0.25, 0.3) is 0 Å². The monoisotopic (exact) mass is 262 g/mol. The van der Waals surface area contributed by atoms with Gasteiger partial charge in [0.05, 0.1) is 0 Å². The predicted molar refractivity (Wildman–Crippen MR) is 71.1 cm³/mol. The SMILES string of the molecule is Cc1cc(F)c(C(O)c2c(C)cccc2C)cc1F. The number of aliphatic hydroxyl groups is 1. The van der Waals surface area contributed by atoms with Crippen LogP contribution in [0, 0.1) is 32.4 Å². The van der Waals surface area contributed by atoms with E-state index in [1.807, 2.05) is 32.0 Å². The van der Waals surface area contributed by atoms with Crippen LogP contribution in [0.2, 0.25) is 0 Å². The molecule has 1 atom stereocenters. The van der Waals surface area contributed by atoms with Gasteiger partial charge < -0.3 is 5.11 Å². The van der Waals surface area contributed by atoms with Gasteiger partial charge in [-0.25, -0.2) is 8.78 Å². The number of benzene rings is 2. The van der Waals surface area contributed by atoms with Crippen LogP contribution in [0.5, 0.6) is 0 Å². The van der Waals surface area contributed by atoms with Crippen LogP contribution in [0.3, 0.4) is 0 Å². The van der Waals surface area contributed by atoms with Crippen molar-refractivity contribution in [1.29, 1.82) is 0 Å². The van der Waals surface area contributed by atoms with Crippen molar-refractivity contribution < 1.29 is 13.9 Å².